The van der Waals surface area contributed by atoms with E-state index in [0.29, 0.717) is 28.6 Å². The molecule has 1 N–H and O–H groups in total. The minimum atomic E-state index is -0.427. The van der Waals surface area contributed by atoms with Crippen LogP contribution in [0.1, 0.15) is 32.8 Å². The Hall–Kier alpha value is -2.21. The molecule has 0 aliphatic carbocycles. The second kappa shape index (κ2) is 7.57. The van der Waals surface area contributed by atoms with Gasteiger partial charge in [-0.05, 0) is 44.0 Å². The van der Waals surface area contributed by atoms with Crippen molar-refractivity contribution >= 4 is 29.6 Å². The van der Waals surface area contributed by atoms with Gasteiger partial charge in [-0.25, -0.2) is 4.79 Å². The Morgan fingerprint density at radius 2 is 2.04 bits per heavy atom. The van der Waals surface area contributed by atoms with E-state index in [2.05, 4.69) is 5.32 Å². The standard InChI is InChI=1S/C17H21ClN2O4/c1-5-10(3)24-15-12(18)7-11(9-14(15)23-4)8-13-16(21)20(6-2)17(22)19-13/h7-10H,5-6H2,1-4H3,(H,19,22)/b13-8+/t10-/m0/s1. The van der Waals surface area contributed by atoms with Crippen LogP contribution in [-0.4, -0.2) is 36.6 Å². The lowest BCUT2D eigenvalue weighted by Crippen LogP contribution is -2.30. The quantitative estimate of drug-likeness (QED) is 0.629. The number of halogens is 1. The van der Waals surface area contributed by atoms with Crippen LogP contribution < -0.4 is 14.8 Å². The molecule has 0 radical (unpaired) electrons. The predicted octanol–water partition coefficient (Wildman–Crippen LogP) is 3.44. The number of carbonyl (C=O) groups excluding carboxylic acids is 2. The Kier molecular flexibility index (Phi) is 5.72. The SMILES string of the molecule is CC[C@H](C)Oc1c(Cl)cc(/C=C2/NC(=O)N(CC)C2=O)cc1OC. The molecule has 1 saturated heterocycles. The summed E-state index contributed by atoms with van der Waals surface area (Å²) in [5.41, 5.74) is 0.838. The van der Waals surface area contributed by atoms with Crippen LogP contribution in [0, 0.1) is 0 Å². The Morgan fingerprint density at radius 3 is 2.58 bits per heavy atom. The van der Waals surface area contributed by atoms with E-state index >= 15 is 0 Å². The van der Waals surface area contributed by atoms with Gasteiger partial charge in [0, 0.05) is 6.54 Å². The van der Waals surface area contributed by atoms with Crippen LogP contribution >= 0.6 is 11.6 Å². The van der Waals surface area contributed by atoms with E-state index in [1.165, 1.54) is 7.11 Å². The number of ether oxygens (including phenoxy) is 2. The van der Waals surface area contributed by atoms with Gasteiger partial charge in [0.1, 0.15) is 5.70 Å². The fourth-order valence-electron chi connectivity index (χ4n) is 2.25. The monoisotopic (exact) mass is 352 g/mol. The van der Waals surface area contributed by atoms with E-state index < -0.39 is 6.03 Å². The Bertz CT molecular complexity index is 687. The van der Waals surface area contributed by atoms with Crippen molar-refractivity contribution in [1.82, 2.24) is 10.2 Å². The summed E-state index contributed by atoms with van der Waals surface area (Å²) in [4.78, 5) is 25.0. The van der Waals surface area contributed by atoms with Crippen LogP contribution in [0.3, 0.4) is 0 Å². The summed E-state index contributed by atoms with van der Waals surface area (Å²) in [6, 6.07) is 2.96. The summed E-state index contributed by atoms with van der Waals surface area (Å²) in [5, 5.41) is 2.93. The summed E-state index contributed by atoms with van der Waals surface area (Å²) in [5.74, 6) is 0.573. The number of likely N-dealkylation sites (N-methyl/N-ethyl adjacent to an activating group) is 1. The van der Waals surface area contributed by atoms with Crippen LogP contribution in [0.2, 0.25) is 5.02 Å². The maximum absolute atomic E-state index is 12.1. The summed E-state index contributed by atoms with van der Waals surface area (Å²) in [6.45, 7) is 6.00. The van der Waals surface area contributed by atoms with Gasteiger partial charge in [-0.2, -0.15) is 0 Å². The lowest BCUT2D eigenvalue weighted by atomic mass is 10.1. The lowest BCUT2D eigenvalue weighted by molar-refractivity contribution is -0.122. The first kappa shape index (κ1) is 18.1. The largest absolute Gasteiger partial charge is 0.493 e. The molecule has 0 bridgehead atoms. The number of hydrogen-bond acceptors (Lipinski definition) is 4. The van der Waals surface area contributed by atoms with Crippen molar-refractivity contribution < 1.29 is 19.1 Å². The lowest BCUT2D eigenvalue weighted by Gasteiger charge is -2.17. The fourth-order valence-corrected chi connectivity index (χ4v) is 2.51. The first-order valence-electron chi connectivity index (χ1n) is 7.79. The van der Waals surface area contributed by atoms with E-state index in [0.717, 1.165) is 11.3 Å². The molecule has 6 nitrogen and oxygen atoms in total. The van der Waals surface area contributed by atoms with Gasteiger partial charge >= 0.3 is 6.03 Å². The maximum Gasteiger partial charge on any atom is 0.328 e. The molecule has 0 spiro atoms. The molecule has 1 aliphatic rings. The highest BCUT2D eigenvalue weighted by Gasteiger charge is 2.32. The number of carbonyl (C=O) groups is 2. The Morgan fingerprint density at radius 1 is 1.33 bits per heavy atom. The average molecular weight is 353 g/mol. The fraction of sp³-hybridized carbons (Fsp3) is 0.412. The third-order valence-corrected chi connectivity index (χ3v) is 4.02. The molecule has 7 heteroatoms. The number of rotatable bonds is 6. The maximum atomic E-state index is 12.1. The Balaban J connectivity index is 2.36. The molecule has 1 atom stereocenters. The van der Waals surface area contributed by atoms with Crippen molar-refractivity contribution in [2.75, 3.05) is 13.7 Å². The Labute approximate surface area is 146 Å². The minimum absolute atomic E-state index is 0.00517. The van der Waals surface area contributed by atoms with Crippen molar-refractivity contribution in [3.8, 4) is 11.5 Å². The van der Waals surface area contributed by atoms with E-state index in [9.17, 15) is 9.59 Å². The highest BCUT2D eigenvalue weighted by Crippen LogP contribution is 2.38. The van der Waals surface area contributed by atoms with E-state index in [1.54, 1.807) is 25.1 Å². The third-order valence-electron chi connectivity index (χ3n) is 3.74. The molecule has 3 amide bonds. The minimum Gasteiger partial charge on any atom is -0.493 e. The first-order valence-corrected chi connectivity index (χ1v) is 8.17. The molecule has 0 aromatic heterocycles. The van der Waals surface area contributed by atoms with Crippen molar-refractivity contribution in [2.24, 2.45) is 0 Å². The van der Waals surface area contributed by atoms with Gasteiger partial charge in [0.15, 0.2) is 11.5 Å². The smallest absolute Gasteiger partial charge is 0.328 e. The molecule has 0 saturated carbocycles. The molecule has 1 aromatic rings. The highest BCUT2D eigenvalue weighted by molar-refractivity contribution is 6.32. The molecule has 130 valence electrons. The summed E-state index contributed by atoms with van der Waals surface area (Å²) in [6.07, 6.45) is 2.39. The summed E-state index contributed by atoms with van der Waals surface area (Å²) >= 11 is 6.30. The molecule has 0 unspecified atom stereocenters. The molecule has 1 fully saturated rings. The number of amides is 3. The van der Waals surface area contributed by atoms with Crippen molar-refractivity contribution in [2.45, 2.75) is 33.3 Å². The number of hydrogen-bond donors (Lipinski definition) is 1. The van der Waals surface area contributed by atoms with Gasteiger partial charge in [0.05, 0.1) is 18.2 Å². The number of imide groups is 1. The number of nitrogens with one attached hydrogen (secondary N) is 1. The molecule has 24 heavy (non-hydrogen) atoms. The zero-order chi connectivity index (χ0) is 17.9. The summed E-state index contributed by atoms with van der Waals surface area (Å²) < 4.78 is 11.1. The number of benzene rings is 1. The van der Waals surface area contributed by atoms with Gasteiger partial charge in [-0.3, -0.25) is 9.69 Å². The normalized spacial score (nSPS) is 17.2. The molecule has 2 rings (SSSR count). The second-order valence-corrected chi connectivity index (χ2v) is 5.82. The molecule has 1 aliphatic heterocycles. The number of nitrogens with zero attached hydrogens (tertiary/aromatic N) is 1. The predicted molar refractivity (Wildman–Crippen MR) is 92.3 cm³/mol. The number of urea groups is 1. The van der Waals surface area contributed by atoms with Gasteiger partial charge < -0.3 is 14.8 Å². The van der Waals surface area contributed by atoms with E-state index in [1.807, 2.05) is 13.8 Å². The van der Waals surface area contributed by atoms with Crippen molar-refractivity contribution in [1.29, 1.82) is 0 Å². The average Bonchev–Trinajstić information content (AvgIpc) is 2.82. The van der Waals surface area contributed by atoms with Crippen LogP contribution in [-0.2, 0) is 4.79 Å². The van der Waals surface area contributed by atoms with Crippen molar-refractivity contribution in [3.05, 3.63) is 28.4 Å². The third kappa shape index (κ3) is 3.64. The van der Waals surface area contributed by atoms with Gasteiger partial charge in [-0.15, -0.1) is 0 Å². The first-order chi connectivity index (χ1) is 11.4. The topological polar surface area (TPSA) is 67.9 Å². The van der Waals surface area contributed by atoms with Gasteiger partial charge in [0.2, 0.25) is 0 Å². The summed E-state index contributed by atoms with van der Waals surface area (Å²) in [7, 11) is 1.52. The zero-order valence-corrected chi connectivity index (χ0v) is 14.9. The van der Waals surface area contributed by atoms with Crippen LogP contribution in [0.5, 0.6) is 11.5 Å². The van der Waals surface area contributed by atoms with Crippen LogP contribution in [0.25, 0.3) is 6.08 Å². The van der Waals surface area contributed by atoms with Gasteiger partial charge in [0.25, 0.3) is 5.91 Å². The van der Waals surface area contributed by atoms with E-state index in [4.69, 9.17) is 21.1 Å². The molecular weight excluding hydrogens is 332 g/mol. The number of methoxy groups -OCH3 is 1. The zero-order valence-electron chi connectivity index (χ0n) is 14.2. The molecule has 1 aromatic carbocycles. The van der Waals surface area contributed by atoms with E-state index in [-0.39, 0.29) is 17.7 Å². The van der Waals surface area contributed by atoms with Crippen LogP contribution in [0.4, 0.5) is 4.79 Å². The van der Waals surface area contributed by atoms with Crippen molar-refractivity contribution in [3.63, 3.8) is 0 Å². The highest BCUT2D eigenvalue weighted by atomic mass is 35.5. The van der Waals surface area contributed by atoms with Gasteiger partial charge in [-0.1, -0.05) is 18.5 Å². The molecule has 1 heterocycles. The second-order valence-electron chi connectivity index (χ2n) is 5.41. The van der Waals surface area contributed by atoms with Crippen LogP contribution in [0.15, 0.2) is 17.8 Å². The molecular formula is C17H21ClN2O4.